The fraction of sp³-hybridized carbons (Fsp3) is 0.143. The lowest BCUT2D eigenvalue weighted by Gasteiger charge is -2.03. The molecule has 3 rings (SSSR count). The first-order valence-corrected chi connectivity index (χ1v) is 7.55. The predicted molar refractivity (Wildman–Crippen MR) is 78.2 cm³/mol. The van der Waals surface area contributed by atoms with Crippen LogP contribution in [0.25, 0.3) is 21.0 Å². The molecule has 0 fully saturated rings. The highest BCUT2D eigenvalue weighted by Gasteiger charge is 2.15. The van der Waals surface area contributed by atoms with Crippen LogP contribution in [0.2, 0.25) is 0 Å². The fourth-order valence-corrected chi connectivity index (χ4v) is 3.65. The van der Waals surface area contributed by atoms with Gasteiger partial charge in [-0.2, -0.15) is 0 Å². The van der Waals surface area contributed by atoms with E-state index in [9.17, 15) is 5.11 Å². The van der Waals surface area contributed by atoms with Gasteiger partial charge in [0, 0.05) is 23.2 Å². The molecule has 18 heavy (non-hydrogen) atoms. The van der Waals surface area contributed by atoms with E-state index in [1.54, 1.807) is 22.7 Å². The maximum Gasteiger partial charge on any atom is 0.0646 e. The molecule has 0 spiro atoms. The Balaban J connectivity index is 2.15. The van der Waals surface area contributed by atoms with E-state index in [0.717, 1.165) is 5.69 Å². The van der Waals surface area contributed by atoms with Gasteiger partial charge in [-0.1, -0.05) is 12.1 Å². The predicted octanol–water partition coefficient (Wildman–Crippen LogP) is 4.01. The van der Waals surface area contributed by atoms with Crippen LogP contribution in [0.5, 0.6) is 0 Å². The van der Waals surface area contributed by atoms with Crippen LogP contribution < -0.4 is 0 Å². The second kappa shape index (κ2) is 5.10. The van der Waals surface area contributed by atoms with Gasteiger partial charge in [-0.25, -0.2) is 0 Å². The smallest absolute Gasteiger partial charge is 0.0646 e. The van der Waals surface area contributed by atoms with Crippen LogP contribution in [0.4, 0.5) is 0 Å². The van der Waals surface area contributed by atoms with Crippen LogP contribution in [0.1, 0.15) is 5.56 Å². The molecule has 0 amide bonds. The minimum Gasteiger partial charge on any atom is -0.396 e. The van der Waals surface area contributed by atoms with E-state index in [4.69, 9.17) is 0 Å². The number of aliphatic hydroxyl groups is 1. The van der Waals surface area contributed by atoms with Crippen molar-refractivity contribution >= 4 is 22.7 Å². The number of rotatable bonds is 4. The lowest BCUT2D eigenvalue weighted by atomic mass is 10.1. The van der Waals surface area contributed by atoms with Crippen LogP contribution in [0.3, 0.4) is 0 Å². The zero-order valence-corrected chi connectivity index (χ0v) is 11.4. The molecule has 0 aliphatic heterocycles. The molecule has 0 atom stereocenters. The van der Waals surface area contributed by atoms with Gasteiger partial charge in [0.1, 0.15) is 0 Å². The number of hydrogen-bond donors (Lipinski definition) is 2. The summed E-state index contributed by atoms with van der Waals surface area (Å²) in [4.78, 5) is 5.85. The lowest BCUT2D eigenvalue weighted by molar-refractivity contribution is 0.300. The zero-order valence-electron chi connectivity index (χ0n) is 9.72. The Hall–Kier alpha value is -1.36. The van der Waals surface area contributed by atoms with E-state index in [1.807, 2.05) is 6.20 Å². The summed E-state index contributed by atoms with van der Waals surface area (Å²) < 4.78 is 0. The van der Waals surface area contributed by atoms with Crippen molar-refractivity contribution in [1.29, 1.82) is 0 Å². The maximum atomic E-state index is 9.17. The molecule has 3 heterocycles. The number of aromatic amines is 1. The first kappa shape index (κ1) is 11.7. The van der Waals surface area contributed by atoms with E-state index in [2.05, 4.69) is 40.0 Å². The van der Waals surface area contributed by atoms with E-state index >= 15 is 0 Å². The standard InChI is InChI=1S/C14H13NOS2/c16-6-5-10-9-15-14(12-4-2-8-18-12)13(10)11-3-1-7-17-11/h1-4,7-9,15-16H,5-6H2. The topological polar surface area (TPSA) is 36.0 Å². The molecule has 0 aromatic carbocycles. The first-order chi connectivity index (χ1) is 8.90. The van der Waals surface area contributed by atoms with Gasteiger partial charge in [-0.15, -0.1) is 22.7 Å². The Morgan fingerprint density at radius 2 is 1.78 bits per heavy atom. The normalized spacial score (nSPS) is 10.9. The first-order valence-electron chi connectivity index (χ1n) is 5.79. The molecular weight excluding hydrogens is 262 g/mol. The molecule has 0 bridgehead atoms. The van der Waals surface area contributed by atoms with E-state index in [1.165, 1.54) is 20.9 Å². The van der Waals surface area contributed by atoms with Crippen LogP contribution >= 0.6 is 22.7 Å². The van der Waals surface area contributed by atoms with Crippen molar-refractivity contribution in [3.63, 3.8) is 0 Å². The van der Waals surface area contributed by atoms with Crippen molar-refractivity contribution in [2.24, 2.45) is 0 Å². The van der Waals surface area contributed by atoms with Crippen LogP contribution in [-0.4, -0.2) is 16.7 Å². The van der Waals surface area contributed by atoms with Crippen LogP contribution in [0.15, 0.2) is 41.2 Å². The second-order valence-electron chi connectivity index (χ2n) is 3.99. The molecule has 0 aliphatic rings. The average molecular weight is 275 g/mol. The summed E-state index contributed by atoms with van der Waals surface area (Å²) in [6.07, 6.45) is 2.70. The Bertz CT molecular complexity index is 608. The highest BCUT2D eigenvalue weighted by Crippen LogP contribution is 2.38. The largest absolute Gasteiger partial charge is 0.396 e. The minimum absolute atomic E-state index is 0.181. The summed E-state index contributed by atoms with van der Waals surface area (Å²) in [5.74, 6) is 0. The summed E-state index contributed by atoms with van der Waals surface area (Å²) in [6.45, 7) is 0.181. The summed E-state index contributed by atoms with van der Waals surface area (Å²) in [5.41, 5.74) is 3.58. The molecule has 0 saturated carbocycles. The van der Waals surface area contributed by atoms with Gasteiger partial charge >= 0.3 is 0 Å². The summed E-state index contributed by atoms with van der Waals surface area (Å²) >= 11 is 3.46. The van der Waals surface area contributed by atoms with Crippen LogP contribution in [0, 0.1) is 0 Å². The second-order valence-corrected chi connectivity index (χ2v) is 5.89. The summed E-state index contributed by atoms with van der Waals surface area (Å²) in [6, 6.07) is 8.38. The van der Waals surface area contributed by atoms with Gasteiger partial charge < -0.3 is 10.1 Å². The fourth-order valence-electron chi connectivity index (χ4n) is 2.10. The van der Waals surface area contributed by atoms with Gasteiger partial charge in [0.15, 0.2) is 0 Å². The number of thiophene rings is 2. The van der Waals surface area contributed by atoms with E-state index in [-0.39, 0.29) is 6.61 Å². The van der Waals surface area contributed by atoms with E-state index in [0.29, 0.717) is 6.42 Å². The van der Waals surface area contributed by atoms with Gasteiger partial charge in [-0.05, 0) is 34.9 Å². The molecule has 3 aromatic rings. The van der Waals surface area contributed by atoms with Crippen molar-refractivity contribution < 1.29 is 5.11 Å². The molecule has 0 aliphatic carbocycles. The molecule has 2 nitrogen and oxygen atoms in total. The van der Waals surface area contributed by atoms with Crippen molar-refractivity contribution in [3.8, 4) is 21.0 Å². The summed E-state index contributed by atoms with van der Waals surface area (Å²) in [7, 11) is 0. The highest BCUT2D eigenvalue weighted by molar-refractivity contribution is 7.14. The Morgan fingerprint density at radius 1 is 1.06 bits per heavy atom. The number of H-pyrrole nitrogens is 1. The maximum absolute atomic E-state index is 9.17. The minimum atomic E-state index is 0.181. The summed E-state index contributed by atoms with van der Waals surface area (Å²) in [5, 5.41) is 13.3. The van der Waals surface area contributed by atoms with Gasteiger partial charge in [0.25, 0.3) is 0 Å². The van der Waals surface area contributed by atoms with Crippen molar-refractivity contribution in [1.82, 2.24) is 4.98 Å². The molecule has 3 aromatic heterocycles. The number of aromatic nitrogens is 1. The molecule has 0 unspecified atom stereocenters. The third-order valence-electron chi connectivity index (χ3n) is 2.88. The third-order valence-corrected chi connectivity index (χ3v) is 4.65. The van der Waals surface area contributed by atoms with Crippen molar-refractivity contribution in [2.75, 3.05) is 6.61 Å². The van der Waals surface area contributed by atoms with Crippen molar-refractivity contribution in [3.05, 3.63) is 46.8 Å². The molecule has 4 heteroatoms. The Labute approximate surface area is 114 Å². The molecule has 92 valence electrons. The monoisotopic (exact) mass is 275 g/mol. The lowest BCUT2D eigenvalue weighted by Crippen LogP contribution is -1.90. The Kier molecular flexibility index (Phi) is 3.32. The van der Waals surface area contributed by atoms with Crippen molar-refractivity contribution in [2.45, 2.75) is 6.42 Å². The SMILES string of the molecule is OCCc1c[nH]c(-c2cccs2)c1-c1cccs1. The number of hydrogen-bond acceptors (Lipinski definition) is 3. The van der Waals surface area contributed by atoms with Gasteiger partial charge in [-0.3, -0.25) is 0 Å². The van der Waals surface area contributed by atoms with Gasteiger partial charge in [0.2, 0.25) is 0 Å². The third kappa shape index (κ3) is 2.03. The molecule has 0 radical (unpaired) electrons. The number of aliphatic hydroxyl groups excluding tert-OH is 1. The number of nitrogens with one attached hydrogen (secondary N) is 1. The average Bonchev–Trinajstić information content (AvgIpc) is 3.10. The highest BCUT2D eigenvalue weighted by atomic mass is 32.1. The van der Waals surface area contributed by atoms with E-state index < -0.39 is 0 Å². The quantitative estimate of drug-likeness (QED) is 0.741. The molecule has 0 saturated heterocycles. The Morgan fingerprint density at radius 3 is 2.39 bits per heavy atom. The molecule has 2 N–H and O–H groups in total. The zero-order chi connectivity index (χ0) is 12.4. The van der Waals surface area contributed by atoms with Gasteiger partial charge in [0.05, 0.1) is 10.6 Å². The molecular formula is C14H13NOS2. The van der Waals surface area contributed by atoms with Crippen LogP contribution in [-0.2, 0) is 6.42 Å².